The van der Waals surface area contributed by atoms with Gasteiger partial charge in [0.2, 0.25) is 0 Å². The summed E-state index contributed by atoms with van der Waals surface area (Å²) in [4.78, 5) is 24.6. The first kappa shape index (κ1) is 21.4. The Morgan fingerprint density at radius 1 is 0.938 bits per heavy atom. The number of benzene rings is 3. The SMILES string of the molecule is CC(C)(C)c1ccc(OCC(=O)Nc2ccc(-c3cc4ccccc4oc3=O)cc2)cc1. The molecule has 4 rings (SSSR count). The largest absolute Gasteiger partial charge is 0.484 e. The number of hydrogen-bond donors (Lipinski definition) is 1. The van der Waals surface area contributed by atoms with Crippen molar-refractivity contribution < 1.29 is 13.9 Å². The van der Waals surface area contributed by atoms with E-state index in [4.69, 9.17) is 9.15 Å². The maximum absolute atomic E-state index is 12.3. The Kier molecular flexibility index (Phi) is 5.82. The predicted octanol–water partition coefficient (Wildman–Crippen LogP) is 5.78. The van der Waals surface area contributed by atoms with Gasteiger partial charge in [-0.25, -0.2) is 4.79 Å². The zero-order valence-electron chi connectivity index (χ0n) is 18.3. The fourth-order valence-corrected chi connectivity index (χ4v) is 3.39. The number of nitrogens with one attached hydrogen (secondary N) is 1. The standard InChI is InChI=1S/C27H25NO4/c1-27(2,3)20-10-14-22(15-11-20)31-17-25(29)28-21-12-8-18(9-13-21)23-16-19-6-4-5-7-24(19)32-26(23)30/h4-16H,17H2,1-3H3,(H,28,29). The van der Waals surface area contributed by atoms with Crippen LogP contribution in [0, 0.1) is 0 Å². The Morgan fingerprint density at radius 2 is 1.62 bits per heavy atom. The molecule has 0 saturated heterocycles. The molecule has 1 amide bonds. The van der Waals surface area contributed by atoms with Crippen LogP contribution in [0.25, 0.3) is 22.1 Å². The van der Waals surface area contributed by atoms with Crippen LogP contribution in [0.1, 0.15) is 26.3 Å². The van der Waals surface area contributed by atoms with Crippen molar-refractivity contribution in [2.24, 2.45) is 0 Å². The molecule has 0 aliphatic carbocycles. The number of amides is 1. The number of rotatable bonds is 5. The van der Waals surface area contributed by atoms with Crippen molar-refractivity contribution in [1.82, 2.24) is 0 Å². The third-order valence-corrected chi connectivity index (χ3v) is 5.21. The molecule has 5 nitrogen and oxygen atoms in total. The quantitative estimate of drug-likeness (QED) is 0.410. The fourth-order valence-electron chi connectivity index (χ4n) is 3.39. The molecule has 0 bridgehead atoms. The zero-order valence-corrected chi connectivity index (χ0v) is 18.3. The van der Waals surface area contributed by atoms with Gasteiger partial charge in [-0.3, -0.25) is 4.79 Å². The van der Waals surface area contributed by atoms with Crippen molar-refractivity contribution >= 4 is 22.6 Å². The lowest BCUT2D eigenvalue weighted by Crippen LogP contribution is -2.20. The summed E-state index contributed by atoms with van der Waals surface area (Å²) in [6.45, 7) is 6.35. The molecule has 0 atom stereocenters. The summed E-state index contributed by atoms with van der Waals surface area (Å²) in [5, 5.41) is 3.66. The number of carbonyl (C=O) groups excluding carboxylic acids is 1. The monoisotopic (exact) mass is 427 g/mol. The van der Waals surface area contributed by atoms with Gasteiger partial charge in [0.15, 0.2) is 6.61 Å². The van der Waals surface area contributed by atoms with E-state index in [1.54, 1.807) is 30.3 Å². The Labute approximate surface area is 186 Å². The minimum Gasteiger partial charge on any atom is -0.484 e. The van der Waals surface area contributed by atoms with E-state index in [9.17, 15) is 9.59 Å². The van der Waals surface area contributed by atoms with E-state index < -0.39 is 5.63 Å². The highest BCUT2D eigenvalue weighted by molar-refractivity contribution is 5.92. The summed E-state index contributed by atoms with van der Waals surface area (Å²) in [7, 11) is 0. The number of hydrogen-bond acceptors (Lipinski definition) is 4. The lowest BCUT2D eigenvalue weighted by molar-refractivity contribution is -0.118. The van der Waals surface area contributed by atoms with Crippen LogP contribution >= 0.6 is 0 Å². The molecule has 1 N–H and O–H groups in total. The first-order chi connectivity index (χ1) is 15.3. The molecule has 0 saturated carbocycles. The molecule has 0 fully saturated rings. The summed E-state index contributed by atoms with van der Waals surface area (Å²) in [5.41, 5.74) is 3.24. The van der Waals surface area contributed by atoms with Crippen LogP contribution in [0.5, 0.6) is 5.75 Å². The maximum Gasteiger partial charge on any atom is 0.344 e. The van der Waals surface area contributed by atoms with Crippen LogP contribution in [-0.2, 0) is 10.2 Å². The maximum atomic E-state index is 12.3. The van der Waals surface area contributed by atoms with Crippen LogP contribution in [-0.4, -0.2) is 12.5 Å². The average Bonchev–Trinajstić information content (AvgIpc) is 2.77. The molecule has 0 aliphatic heterocycles. The Morgan fingerprint density at radius 3 is 2.31 bits per heavy atom. The van der Waals surface area contributed by atoms with Crippen molar-refractivity contribution in [3.63, 3.8) is 0 Å². The molecule has 1 aromatic heterocycles. The first-order valence-electron chi connectivity index (χ1n) is 10.5. The minimum absolute atomic E-state index is 0.0653. The van der Waals surface area contributed by atoms with Gasteiger partial charge in [0, 0.05) is 11.1 Å². The summed E-state index contributed by atoms with van der Waals surface area (Å²) in [5.74, 6) is 0.384. The normalized spacial score (nSPS) is 11.3. The van der Waals surface area contributed by atoms with Crippen molar-refractivity contribution in [1.29, 1.82) is 0 Å². The van der Waals surface area contributed by atoms with Crippen LogP contribution < -0.4 is 15.7 Å². The fraction of sp³-hybridized carbons (Fsp3) is 0.185. The van der Waals surface area contributed by atoms with E-state index in [0.717, 1.165) is 10.9 Å². The lowest BCUT2D eigenvalue weighted by Gasteiger charge is -2.19. The van der Waals surface area contributed by atoms with Crippen molar-refractivity contribution in [3.05, 3.63) is 94.8 Å². The molecule has 0 unspecified atom stereocenters. The molecule has 3 aromatic carbocycles. The summed E-state index contributed by atoms with van der Waals surface area (Å²) < 4.78 is 11.0. The second-order valence-electron chi connectivity index (χ2n) is 8.67. The van der Waals surface area contributed by atoms with E-state index in [1.165, 1.54) is 5.56 Å². The van der Waals surface area contributed by atoms with E-state index in [1.807, 2.05) is 48.5 Å². The first-order valence-corrected chi connectivity index (χ1v) is 10.5. The van der Waals surface area contributed by atoms with Crippen LogP contribution in [0.4, 0.5) is 5.69 Å². The summed E-state index contributed by atoms with van der Waals surface area (Å²) in [6.07, 6.45) is 0. The topological polar surface area (TPSA) is 68.5 Å². The molecule has 0 radical (unpaired) electrons. The summed E-state index contributed by atoms with van der Waals surface area (Å²) in [6, 6.07) is 24.0. The number of carbonyl (C=O) groups is 1. The van der Waals surface area contributed by atoms with Gasteiger partial charge in [0.25, 0.3) is 5.91 Å². The highest BCUT2D eigenvalue weighted by atomic mass is 16.5. The van der Waals surface area contributed by atoms with Gasteiger partial charge in [-0.05, 0) is 52.9 Å². The van der Waals surface area contributed by atoms with E-state index in [-0.39, 0.29) is 17.9 Å². The molecular formula is C27H25NO4. The summed E-state index contributed by atoms with van der Waals surface area (Å²) >= 11 is 0. The number of fused-ring (bicyclic) bond motifs is 1. The molecule has 0 spiro atoms. The number of anilines is 1. The lowest BCUT2D eigenvalue weighted by atomic mass is 9.87. The van der Waals surface area contributed by atoms with Crippen molar-refractivity contribution in [2.75, 3.05) is 11.9 Å². The number of para-hydroxylation sites is 1. The Hall–Kier alpha value is -3.86. The molecule has 32 heavy (non-hydrogen) atoms. The second-order valence-corrected chi connectivity index (χ2v) is 8.67. The smallest absolute Gasteiger partial charge is 0.344 e. The molecule has 162 valence electrons. The highest BCUT2D eigenvalue weighted by Gasteiger charge is 2.13. The van der Waals surface area contributed by atoms with E-state index in [2.05, 4.69) is 26.1 Å². The molecule has 0 aliphatic rings. The molecule has 4 aromatic rings. The van der Waals surface area contributed by atoms with Gasteiger partial charge in [0.1, 0.15) is 11.3 Å². The molecular weight excluding hydrogens is 402 g/mol. The highest BCUT2D eigenvalue weighted by Crippen LogP contribution is 2.25. The number of ether oxygens (including phenoxy) is 1. The zero-order chi connectivity index (χ0) is 22.7. The van der Waals surface area contributed by atoms with E-state index >= 15 is 0 Å². The van der Waals surface area contributed by atoms with Crippen molar-refractivity contribution in [2.45, 2.75) is 26.2 Å². The Balaban J connectivity index is 1.39. The Bertz CT molecular complexity index is 1300. The molecule has 1 heterocycles. The predicted molar refractivity (Wildman–Crippen MR) is 127 cm³/mol. The van der Waals surface area contributed by atoms with Gasteiger partial charge in [-0.2, -0.15) is 0 Å². The van der Waals surface area contributed by atoms with Crippen molar-refractivity contribution in [3.8, 4) is 16.9 Å². The third-order valence-electron chi connectivity index (χ3n) is 5.21. The van der Waals surface area contributed by atoms with Gasteiger partial charge in [0.05, 0.1) is 5.56 Å². The average molecular weight is 428 g/mol. The molecule has 5 heteroatoms. The van der Waals surface area contributed by atoms with Crippen LogP contribution in [0.15, 0.2) is 88.1 Å². The van der Waals surface area contributed by atoms with E-state index in [0.29, 0.717) is 22.6 Å². The van der Waals surface area contributed by atoms with Gasteiger partial charge in [-0.15, -0.1) is 0 Å². The van der Waals surface area contributed by atoms with Gasteiger partial charge in [-0.1, -0.05) is 63.2 Å². The van der Waals surface area contributed by atoms with Crippen LogP contribution in [0.2, 0.25) is 0 Å². The van der Waals surface area contributed by atoms with Crippen LogP contribution in [0.3, 0.4) is 0 Å². The van der Waals surface area contributed by atoms with Gasteiger partial charge < -0.3 is 14.5 Å². The van der Waals surface area contributed by atoms with Gasteiger partial charge >= 0.3 is 5.63 Å². The second kappa shape index (κ2) is 8.71. The third kappa shape index (κ3) is 4.89. The minimum atomic E-state index is -0.397.